The normalized spacial score (nSPS) is 10.1. The van der Waals surface area contributed by atoms with Crippen molar-refractivity contribution in [1.82, 2.24) is 9.97 Å². The summed E-state index contributed by atoms with van der Waals surface area (Å²) in [5.74, 6) is 0.123. The highest BCUT2D eigenvalue weighted by molar-refractivity contribution is 6.04. The molecule has 0 spiro atoms. The van der Waals surface area contributed by atoms with Gasteiger partial charge >= 0.3 is 0 Å². The first-order valence-electron chi connectivity index (χ1n) is 5.48. The Kier molecular flexibility index (Phi) is 3.23. The van der Waals surface area contributed by atoms with Crippen molar-refractivity contribution < 1.29 is 4.79 Å². The van der Waals surface area contributed by atoms with Crippen molar-refractivity contribution in [2.75, 3.05) is 11.9 Å². The summed E-state index contributed by atoms with van der Waals surface area (Å²) in [7, 11) is 1.59. The van der Waals surface area contributed by atoms with Gasteiger partial charge in [-0.2, -0.15) is 0 Å². The molecule has 0 saturated carbocycles. The lowest BCUT2D eigenvalue weighted by Crippen LogP contribution is -2.31. The van der Waals surface area contributed by atoms with Gasteiger partial charge in [0.2, 0.25) is 0 Å². The van der Waals surface area contributed by atoms with Crippen LogP contribution in [0, 0.1) is 6.92 Å². The molecule has 2 aromatic heterocycles. The zero-order valence-electron chi connectivity index (χ0n) is 10.2. The molecule has 0 bridgehead atoms. The number of rotatable bonds is 2. The third-order valence-electron chi connectivity index (χ3n) is 2.59. The second-order valence-corrected chi connectivity index (χ2v) is 3.95. The van der Waals surface area contributed by atoms with Gasteiger partial charge in [-0.05, 0) is 19.1 Å². The lowest BCUT2D eigenvalue weighted by atomic mass is 10.2. The summed E-state index contributed by atoms with van der Waals surface area (Å²) < 4.78 is 0. The smallest absolute Gasteiger partial charge is 0.264 e. The van der Waals surface area contributed by atoms with E-state index in [-0.39, 0.29) is 16.9 Å². The molecule has 92 valence electrons. The highest BCUT2D eigenvalue weighted by atomic mass is 16.2. The van der Waals surface area contributed by atoms with E-state index in [1.165, 1.54) is 17.2 Å². The predicted molar refractivity (Wildman–Crippen MR) is 68.8 cm³/mol. The molecule has 0 unspecified atom stereocenters. The molecule has 5 nitrogen and oxygen atoms in total. The highest BCUT2D eigenvalue weighted by Gasteiger charge is 2.17. The number of aromatic amines is 1. The van der Waals surface area contributed by atoms with E-state index in [1.807, 2.05) is 0 Å². The Hall–Kier alpha value is -2.43. The fourth-order valence-corrected chi connectivity index (χ4v) is 1.58. The Morgan fingerprint density at radius 1 is 1.39 bits per heavy atom. The first-order valence-corrected chi connectivity index (χ1v) is 5.48. The van der Waals surface area contributed by atoms with Gasteiger partial charge in [-0.1, -0.05) is 6.07 Å². The van der Waals surface area contributed by atoms with Gasteiger partial charge < -0.3 is 4.98 Å². The van der Waals surface area contributed by atoms with E-state index in [2.05, 4.69) is 9.97 Å². The van der Waals surface area contributed by atoms with Crippen LogP contribution >= 0.6 is 0 Å². The van der Waals surface area contributed by atoms with Crippen LogP contribution in [0.4, 0.5) is 5.82 Å². The van der Waals surface area contributed by atoms with Crippen LogP contribution in [0.2, 0.25) is 0 Å². The van der Waals surface area contributed by atoms with Crippen LogP contribution in [0.25, 0.3) is 0 Å². The topological polar surface area (TPSA) is 66.1 Å². The van der Waals surface area contributed by atoms with Crippen molar-refractivity contribution in [3.05, 3.63) is 58.1 Å². The summed E-state index contributed by atoms with van der Waals surface area (Å²) in [6.45, 7) is 1.76. The molecule has 2 aromatic rings. The number of nitrogens with one attached hydrogen (secondary N) is 1. The Labute approximate surface area is 104 Å². The van der Waals surface area contributed by atoms with E-state index in [9.17, 15) is 9.59 Å². The van der Waals surface area contributed by atoms with Gasteiger partial charge in [0.25, 0.3) is 5.91 Å². The molecule has 1 amide bonds. The zero-order chi connectivity index (χ0) is 13.1. The minimum atomic E-state index is -0.380. The van der Waals surface area contributed by atoms with E-state index in [0.29, 0.717) is 5.82 Å². The number of hydrogen-bond acceptors (Lipinski definition) is 3. The summed E-state index contributed by atoms with van der Waals surface area (Å²) in [6.07, 6.45) is 3.03. The quantitative estimate of drug-likeness (QED) is 0.866. The number of amides is 1. The maximum Gasteiger partial charge on any atom is 0.264 e. The zero-order valence-corrected chi connectivity index (χ0v) is 10.2. The van der Waals surface area contributed by atoms with Crippen LogP contribution in [-0.2, 0) is 0 Å². The number of carbonyl (C=O) groups is 1. The molecule has 0 atom stereocenters. The van der Waals surface area contributed by atoms with Crippen LogP contribution < -0.4 is 10.3 Å². The standard InChI is InChI=1S/C13H13N3O2/c1-9-7-11(17)10(8-15-9)13(18)16(2)12-5-3-4-6-14-12/h3-8H,1-2H3,(H,15,17). The summed E-state index contributed by atoms with van der Waals surface area (Å²) in [5, 5.41) is 0. The lowest BCUT2D eigenvalue weighted by Gasteiger charge is -2.15. The summed E-state index contributed by atoms with van der Waals surface area (Å²) >= 11 is 0. The highest BCUT2D eigenvalue weighted by Crippen LogP contribution is 2.09. The molecule has 1 N–H and O–H groups in total. The maximum absolute atomic E-state index is 12.1. The number of aryl methyl sites for hydroxylation is 1. The second-order valence-electron chi connectivity index (χ2n) is 3.95. The number of pyridine rings is 2. The maximum atomic E-state index is 12.1. The third-order valence-corrected chi connectivity index (χ3v) is 2.59. The van der Waals surface area contributed by atoms with Crippen molar-refractivity contribution in [3.8, 4) is 0 Å². The first-order chi connectivity index (χ1) is 8.59. The Bertz CT molecular complexity index is 620. The van der Waals surface area contributed by atoms with E-state index < -0.39 is 0 Å². The van der Waals surface area contributed by atoms with Gasteiger partial charge in [0, 0.05) is 31.2 Å². The fraction of sp³-hybridized carbons (Fsp3) is 0.154. The molecule has 18 heavy (non-hydrogen) atoms. The van der Waals surface area contributed by atoms with Crippen molar-refractivity contribution in [2.45, 2.75) is 6.92 Å². The third kappa shape index (κ3) is 2.29. The first kappa shape index (κ1) is 12.0. The summed E-state index contributed by atoms with van der Waals surface area (Å²) in [6, 6.07) is 6.66. The Morgan fingerprint density at radius 3 is 2.78 bits per heavy atom. The summed E-state index contributed by atoms with van der Waals surface area (Å²) in [4.78, 5) is 32.1. The average Bonchev–Trinajstić information content (AvgIpc) is 2.38. The lowest BCUT2D eigenvalue weighted by molar-refractivity contribution is 0.0991. The van der Waals surface area contributed by atoms with Crippen molar-refractivity contribution in [1.29, 1.82) is 0 Å². The molecular weight excluding hydrogens is 230 g/mol. The summed E-state index contributed by atoms with van der Waals surface area (Å²) in [5.41, 5.74) is 0.532. The average molecular weight is 243 g/mol. The largest absolute Gasteiger partial charge is 0.364 e. The molecule has 0 saturated heterocycles. The van der Waals surface area contributed by atoms with Crippen molar-refractivity contribution in [3.63, 3.8) is 0 Å². The monoisotopic (exact) mass is 243 g/mol. The predicted octanol–water partition coefficient (Wildman–Crippen LogP) is 1.35. The Morgan fingerprint density at radius 2 is 2.17 bits per heavy atom. The van der Waals surface area contributed by atoms with Crippen LogP contribution in [-0.4, -0.2) is 22.9 Å². The van der Waals surface area contributed by atoms with E-state index >= 15 is 0 Å². The number of aromatic nitrogens is 2. The molecular formula is C13H13N3O2. The molecule has 0 aliphatic heterocycles. The molecule has 0 aromatic carbocycles. The number of H-pyrrole nitrogens is 1. The van der Waals surface area contributed by atoms with E-state index in [4.69, 9.17) is 0 Å². The SMILES string of the molecule is Cc1cc(=O)c(C(=O)N(C)c2ccccn2)c[nH]1. The fourth-order valence-electron chi connectivity index (χ4n) is 1.58. The number of carbonyl (C=O) groups excluding carboxylic acids is 1. The van der Waals surface area contributed by atoms with Crippen molar-refractivity contribution >= 4 is 11.7 Å². The molecule has 0 aliphatic rings. The van der Waals surface area contributed by atoms with Gasteiger partial charge in [0.05, 0.1) is 0 Å². The molecule has 2 rings (SSSR count). The minimum Gasteiger partial charge on any atom is -0.364 e. The van der Waals surface area contributed by atoms with Crippen LogP contribution in [0.3, 0.4) is 0 Å². The van der Waals surface area contributed by atoms with Gasteiger partial charge in [-0.3, -0.25) is 14.5 Å². The van der Waals surface area contributed by atoms with Crippen molar-refractivity contribution in [2.24, 2.45) is 0 Å². The Balaban J connectivity index is 2.35. The second kappa shape index (κ2) is 4.83. The molecule has 0 fully saturated rings. The van der Waals surface area contributed by atoms with Crippen LogP contribution in [0.5, 0.6) is 0 Å². The number of nitrogens with zero attached hydrogens (tertiary/aromatic N) is 2. The molecule has 5 heteroatoms. The number of anilines is 1. The van der Waals surface area contributed by atoms with Gasteiger partial charge in [-0.15, -0.1) is 0 Å². The van der Waals surface area contributed by atoms with E-state index in [1.54, 1.807) is 38.4 Å². The minimum absolute atomic E-state index is 0.105. The molecule has 0 radical (unpaired) electrons. The molecule has 0 aliphatic carbocycles. The van der Waals surface area contributed by atoms with Gasteiger partial charge in [-0.25, -0.2) is 4.98 Å². The van der Waals surface area contributed by atoms with Gasteiger partial charge in [0.1, 0.15) is 11.4 Å². The molecule has 2 heterocycles. The van der Waals surface area contributed by atoms with Gasteiger partial charge in [0.15, 0.2) is 5.43 Å². The number of hydrogen-bond donors (Lipinski definition) is 1. The van der Waals surface area contributed by atoms with Crippen LogP contribution in [0.1, 0.15) is 16.1 Å². The van der Waals surface area contributed by atoms with E-state index in [0.717, 1.165) is 5.69 Å². The van der Waals surface area contributed by atoms with Crippen LogP contribution in [0.15, 0.2) is 41.5 Å².